The van der Waals surface area contributed by atoms with Gasteiger partial charge in [-0.05, 0) is 36.4 Å². The summed E-state index contributed by atoms with van der Waals surface area (Å²) >= 11 is 0. The number of carbonyl (C=O) groups is 2. The predicted molar refractivity (Wildman–Crippen MR) is 86.2 cm³/mol. The van der Waals surface area contributed by atoms with Crippen molar-refractivity contribution in [1.29, 1.82) is 0 Å². The zero-order valence-corrected chi connectivity index (χ0v) is 12.9. The fourth-order valence-corrected chi connectivity index (χ4v) is 1.90. The van der Waals surface area contributed by atoms with Crippen molar-refractivity contribution >= 4 is 17.5 Å². The van der Waals surface area contributed by atoms with Crippen molar-refractivity contribution < 1.29 is 22.8 Å². The van der Waals surface area contributed by atoms with Gasteiger partial charge in [-0.25, -0.2) is 0 Å². The molecule has 0 saturated carbocycles. The molecule has 0 aliphatic carbocycles. The Morgan fingerprint density at radius 1 is 1.12 bits per heavy atom. The van der Waals surface area contributed by atoms with Gasteiger partial charge in [-0.3, -0.25) is 14.6 Å². The van der Waals surface area contributed by atoms with Crippen LogP contribution < -0.4 is 10.6 Å². The van der Waals surface area contributed by atoms with Crippen LogP contribution in [-0.2, 0) is 6.18 Å². The topological polar surface area (TPSA) is 71.1 Å². The second-order valence-corrected chi connectivity index (χ2v) is 4.96. The molecule has 0 bridgehead atoms. The largest absolute Gasteiger partial charge is 0.416 e. The lowest BCUT2D eigenvalue weighted by Gasteiger charge is -2.09. The van der Waals surface area contributed by atoms with Gasteiger partial charge >= 0.3 is 6.18 Å². The average molecular weight is 349 g/mol. The van der Waals surface area contributed by atoms with Crippen LogP contribution in [0.15, 0.2) is 55.3 Å². The molecule has 1 aromatic heterocycles. The molecule has 0 aliphatic rings. The summed E-state index contributed by atoms with van der Waals surface area (Å²) in [5.74, 6) is -1.04. The highest BCUT2D eigenvalue weighted by Crippen LogP contribution is 2.29. The Morgan fingerprint density at radius 3 is 2.40 bits per heavy atom. The Kier molecular flexibility index (Phi) is 5.53. The molecular weight excluding hydrogens is 335 g/mol. The van der Waals surface area contributed by atoms with Gasteiger partial charge in [-0.1, -0.05) is 6.08 Å². The quantitative estimate of drug-likeness (QED) is 0.814. The van der Waals surface area contributed by atoms with Gasteiger partial charge in [-0.2, -0.15) is 13.2 Å². The number of hydrogen-bond acceptors (Lipinski definition) is 3. The maximum Gasteiger partial charge on any atom is 0.416 e. The van der Waals surface area contributed by atoms with Gasteiger partial charge in [0.25, 0.3) is 11.8 Å². The number of carbonyl (C=O) groups excluding carboxylic acids is 2. The van der Waals surface area contributed by atoms with E-state index in [1.807, 2.05) is 0 Å². The Labute approximate surface area is 141 Å². The molecule has 0 fully saturated rings. The number of rotatable bonds is 5. The molecule has 0 spiro atoms. The van der Waals surface area contributed by atoms with E-state index in [-0.39, 0.29) is 23.5 Å². The van der Waals surface area contributed by atoms with Gasteiger partial charge in [0, 0.05) is 24.0 Å². The summed E-state index contributed by atoms with van der Waals surface area (Å²) < 4.78 is 37.5. The zero-order valence-electron chi connectivity index (χ0n) is 12.9. The lowest BCUT2D eigenvalue weighted by Crippen LogP contribution is -2.24. The summed E-state index contributed by atoms with van der Waals surface area (Å²) in [4.78, 5) is 27.8. The maximum atomic E-state index is 12.5. The summed E-state index contributed by atoms with van der Waals surface area (Å²) in [5.41, 5.74) is -0.439. The fourth-order valence-electron chi connectivity index (χ4n) is 1.90. The highest BCUT2D eigenvalue weighted by atomic mass is 19.4. The molecule has 2 N–H and O–H groups in total. The van der Waals surface area contributed by atoms with Crippen LogP contribution in [0.4, 0.5) is 18.9 Å². The summed E-state index contributed by atoms with van der Waals surface area (Å²) in [6, 6.07) is 6.73. The normalized spacial score (nSPS) is 10.8. The lowest BCUT2D eigenvalue weighted by atomic mass is 10.2. The van der Waals surface area contributed by atoms with E-state index in [2.05, 4.69) is 22.2 Å². The number of benzene rings is 1. The first-order valence-electron chi connectivity index (χ1n) is 7.15. The van der Waals surface area contributed by atoms with E-state index >= 15 is 0 Å². The lowest BCUT2D eigenvalue weighted by molar-refractivity contribution is -0.137. The number of halogens is 3. The summed E-state index contributed by atoms with van der Waals surface area (Å²) in [5, 5.41) is 4.99. The van der Waals surface area contributed by atoms with Gasteiger partial charge in [0.1, 0.15) is 5.69 Å². The van der Waals surface area contributed by atoms with Crippen LogP contribution in [0.5, 0.6) is 0 Å². The SMILES string of the molecule is C=CCNC(=O)c1ccnc(C(=O)Nc2ccc(C(F)(F)F)cc2)c1. The van der Waals surface area contributed by atoms with Crippen LogP contribution in [0.1, 0.15) is 26.4 Å². The first kappa shape index (κ1) is 18.2. The average Bonchev–Trinajstić information content (AvgIpc) is 2.59. The minimum atomic E-state index is -4.45. The molecule has 0 saturated heterocycles. The molecule has 2 amide bonds. The third kappa shape index (κ3) is 4.90. The van der Waals surface area contributed by atoms with Crippen molar-refractivity contribution in [1.82, 2.24) is 10.3 Å². The molecule has 2 rings (SSSR count). The number of hydrogen-bond donors (Lipinski definition) is 2. The first-order valence-corrected chi connectivity index (χ1v) is 7.15. The number of alkyl halides is 3. The number of amides is 2. The standard InChI is InChI=1S/C17H14F3N3O2/c1-2-8-22-15(24)11-7-9-21-14(10-11)16(25)23-13-5-3-12(4-6-13)17(18,19)20/h2-7,9-10H,1,8H2,(H,22,24)(H,23,25). The van der Waals surface area contributed by atoms with Crippen molar-refractivity contribution in [3.05, 3.63) is 72.1 Å². The summed E-state index contributed by atoms with van der Waals surface area (Å²) in [6.45, 7) is 3.75. The van der Waals surface area contributed by atoms with E-state index in [0.717, 1.165) is 24.3 Å². The van der Waals surface area contributed by atoms with E-state index in [1.54, 1.807) is 0 Å². The highest BCUT2D eigenvalue weighted by molar-refractivity contribution is 6.04. The van der Waals surface area contributed by atoms with E-state index in [0.29, 0.717) is 0 Å². The molecule has 0 aliphatic heterocycles. The molecule has 0 radical (unpaired) electrons. The van der Waals surface area contributed by atoms with Crippen molar-refractivity contribution in [2.45, 2.75) is 6.18 Å². The Bertz CT molecular complexity index is 786. The third-order valence-corrected chi connectivity index (χ3v) is 3.13. The number of nitrogens with one attached hydrogen (secondary N) is 2. The smallest absolute Gasteiger partial charge is 0.349 e. The Morgan fingerprint density at radius 2 is 1.80 bits per heavy atom. The van der Waals surface area contributed by atoms with Gasteiger partial charge < -0.3 is 10.6 Å². The molecule has 25 heavy (non-hydrogen) atoms. The fraction of sp³-hybridized carbons (Fsp3) is 0.118. The number of anilines is 1. The second-order valence-electron chi connectivity index (χ2n) is 4.96. The summed E-state index contributed by atoms with van der Waals surface area (Å²) in [6.07, 6.45) is -1.64. The summed E-state index contributed by atoms with van der Waals surface area (Å²) in [7, 11) is 0. The molecule has 2 aromatic rings. The molecule has 1 aromatic carbocycles. The van der Waals surface area contributed by atoms with Crippen molar-refractivity contribution in [2.24, 2.45) is 0 Å². The highest BCUT2D eigenvalue weighted by Gasteiger charge is 2.30. The number of nitrogens with zero attached hydrogens (tertiary/aromatic N) is 1. The van der Waals surface area contributed by atoms with Crippen LogP contribution >= 0.6 is 0 Å². The molecule has 1 heterocycles. The molecule has 130 valence electrons. The second kappa shape index (κ2) is 7.61. The van der Waals surface area contributed by atoms with Gasteiger partial charge in [-0.15, -0.1) is 6.58 Å². The minimum Gasteiger partial charge on any atom is -0.349 e. The monoisotopic (exact) mass is 349 g/mol. The number of aromatic nitrogens is 1. The number of pyridine rings is 1. The van der Waals surface area contributed by atoms with Crippen LogP contribution in [0.25, 0.3) is 0 Å². The van der Waals surface area contributed by atoms with Crippen LogP contribution in [0, 0.1) is 0 Å². The first-order chi connectivity index (χ1) is 11.8. The van der Waals surface area contributed by atoms with Gasteiger partial charge in [0.2, 0.25) is 0 Å². The molecule has 0 atom stereocenters. The van der Waals surface area contributed by atoms with Crippen molar-refractivity contribution in [2.75, 3.05) is 11.9 Å². The van der Waals surface area contributed by atoms with E-state index in [1.165, 1.54) is 24.4 Å². The van der Waals surface area contributed by atoms with E-state index in [9.17, 15) is 22.8 Å². The predicted octanol–water partition coefficient (Wildman–Crippen LogP) is 3.27. The van der Waals surface area contributed by atoms with Crippen LogP contribution in [0.3, 0.4) is 0 Å². The molecule has 5 nitrogen and oxygen atoms in total. The van der Waals surface area contributed by atoms with Gasteiger partial charge in [0.15, 0.2) is 0 Å². The maximum absolute atomic E-state index is 12.5. The molecule has 0 unspecified atom stereocenters. The van der Waals surface area contributed by atoms with Crippen molar-refractivity contribution in [3.8, 4) is 0 Å². The van der Waals surface area contributed by atoms with Gasteiger partial charge in [0.05, 0.1) is 5.56 Å². The third-order valence-electron chi connectivity index (χ3n) is 3.13. The molecular formula is C17H14F3N3O2. The van der Waals surface area contributed by atoms with Crippen LogP contribution in [-0.4, -0.2) is 23.3 Å². The molecule has 8 heteroatoms. The van der Waals surface area contributed by atoms with Crippen LogP contribution in [0.2, 0.25) is 0 Å². The van der Waals surface area contributed by atoms with E-state index in [4.69, 9.17) is 0 Å². The van der Waals surface area contributed by atoms with Crippen molar-refractivity contribution in [3.63, 3.8) is 0 Å². The zero-order chi connectivity index (χ0) is 18.4. The minimum absolute atomic E-state index is 0.0360. The Balaban J connectivity index is 2.10. The van der Waals surface area contributed by atoms with E-state index < -0.39 is 23.6 Å². The Hall–Kier alpha value is -3.16.